The van der Waals surface area contributed by atoms with E-state index in [0.29, 0.717) is 30.9 Å². The topological polar surface area (TPSA) is 95.9 Å². The molecule has 1 aliphatic rings. The molecular formula is C14H20N2O5S. The van der Waals surface area contributed by atoms with E-state index in [-0.39, 0.29) is 17.0 Å². The summed E-state index contributed by atoms with van der Waals surface area (Å²) in [5.41, 5.74) is 0.770. The van der Waals surface area contributed by atoms with Crippen molar-refractivity contribution < 1.29 is 23.1 Å². The lowest BCUT2D eigenvalue weighted by atomic mass is 10.1. The molecule has 1 aromatic rings. The second-order valence-electron chi connectivity index (χ2n) is 5.01. The minimum atomic E-state index is -3.45. The summed E-state index contributed by atoms with van der Waals surface area (Å²) in [5, 5.41) is 12.3. The Kier molecular flexibility index (Phi) is 4.80. The van der Waals surface area contributed by atoms with E-state index in [4.69, 9.17) is 4.74 Å². The number of carboxylic acid groups (broad SMARTS) is 1. The Balaban J connectivity index is 2.63. The Hall–Kier alpha value is -1.96. The van der Waals surface area contributed by atoms with Gasteiger partial charge < -0.3 is 15.2 Å². The number of benzene rings is 1. The van der Waals surface area contributed by atoms with Gasteiger partial charge in [0.05, 0.1) is 29.8 Å². The molecule has 2 rings (SSSR count). The molecule has 7 nitrogen and oxygen atoms in total. The van der Waals surface area contributed by atoms with Gasteiger partial charge >= 0.3 is 5.97 Å². The fraction of sp³-hybridized carbons (Fsp3) is 0.500. The Morgan fingerprint density at radius 2 is 2.14 bits per heavy atom. The molecule has 1 aliphatic heterocycles. The minimum absolute atomic E-state index is 0.0209. The van der Waals surface area contributed by atoms with Gasteiger partial charge in [0.25, 0.3) is 0 Å². The third-order valence-electron chi connectivity index (χ3n) is 3.51. The summed E-state index contributed by atoms with van der Waals surface area (Å²) in [4.78, 5) is 11.3. The molecule has 0 spiro atoms. The normalized spacial score (nSPS) is 17.1. The lowest BCUT2D eigenvalue weighted by Crippen LogP contribution is -2.38. The van der Waals surface area contributed by atoms with E-state index in [9.17, 15) is 18.3 Å². The summed E-state index contributed by atoms with van der Waals surface area (Å²) in [5.74, 6) is -0.709. The number of hydrogen-bond donors (Lipinski definition) is 2. The first-order chi connectivity index (χ1) is 10.4. The number of sulfonamides is 1. The Bertz CT molecular complexity index is 672. The van der Waals surface area contributed by atoms with Gasteiger partial charge in [0.15, 0.2) is 5.75 Å². The average Bonchev–Trinajstić information content (AvgIpc) is 2.46. The lowest BCUT2D eigenvalue weighted by Gasteiger charge is -2.30. The fourth-order valence-electron chi connectivity index (χ4n) is 2.52. The highest BCUT2D eigenvalue weighted by Gasteiger charge is 2.30. The molecule has 122 valence electrons. The molecule has 22 heavy (non-hydrogen) atoms. The summed E-state index contributed by atoms with van der Waals surface area (Å²) in [6.07, 6.45) is 1.34. The van der Waals surface area contributed by atoms with Gasteiger partial charge in [-0.1, -0.05) is 0 Å². The first kappa shape index (κ1) is 16.4. The molecule has 0 saturated carbocycles. The van der Waals surface area contributed by atoms with Crippen molar-refractivity contribution in [1.82, 2.24) is 0 Å². The van der Waals surface area contributed by atoms with Crippen LogP contribution in [0.5, 0.6) is 5.75 Å². The predicted molar refractivity (Wildman–Crippen MR) is 84.5 cm³/mol. The van der Waals surface area contributed by atoms with Crippen LogP contribution in [-0.2, 0) is 10.0 Å². The molecule has 2 N–H and O–H groups in total. The molecule has 0 amide bonds. The number of rotatable bonds is 5. The molecule has 0 aliphatic carbocycles. The molecule has 0 radical (unpaired) electrons. The number of carboxylic acids is 1. The van der Waals surface area contributed by atoms with Crippen molar-refractivity contribution in [3.05, 3.63) is 17.7 Å². The molecular weight excluding hydrogens is 308 g/mol. The summed E-state index contributed by atoms with van der Waals surface area (Å²) in [6.45, 7) is 2.75. The summed E-state index contributed by atoms with van der Waals surface area (Å²) < 4.78 is 31.2. The maximum Gasteiger partial charge on any atom is 0.335 e. The van der Waals surface area contributed by atoms with Crippen LogP contribution < -0.4 is 14.4 Å². The number of anilines is 2. The Labute approximate surface area is 129 Å². The number of hydrogen-bond acceptors (Lipinski definition) is 5. The van der Waals surface area contributed by atoms with Crippen LogP contribution in [-0.4, -0.2) is 45.4 Å². The Morgan fingerprint density at radius 1 is 1.41 bits per heavy atom. The molecule has 0 unspecified atom stereocenters. The van der Waals surface area contributed by atoms with Crippen LogP contribution in [0, 0.1) is 0 Å². The van der Waals surface area contributed by atoms with Crippen molar-refractivity contribution in [3.8, 4) is 5.75 Å². The van der Waals surface area contributed by atoms with Crippen molar-refractivity contribution in [2.45, 2.75) is 19.8 Å². The van der Waals surface area contributed by atoms with Gasteiger partial charge in [-0.3, -0.25) is 4.31 Å². The van der Waals surface area contributed by atoms with E-state index in [1.165, 1.54) is 23.5 Å². The highest BCUT2D eigenvalue weighted by molar-refractivity contribution is 7.92. The third kappa shape index (κ3) is 3.11. The summed E-state index contributed by atoms with van der Waals surface area (Å²) in [7, 11) is -2.01. The van der Waals surface area contributed by atoms with Crippen molar-refractivity contribution in [3.63, 3.8) is 0 Å². The van der Waals surface area contributed by atoms with E-state index in [1.807, 2.05) is 6.92 Å². The maximum absolute atomic E-state index is 12.3. The highest BCUT2D eigenvalue weighted by Crippen LogP contribution is 2.39. The van der Waals surface area contributed by atoms with Crippen molar-refractivity contribution >= 4 is 27.4 Å². The zero-order valence-electron chi connectivity index (χ0n) is 12.6. The first-order valence-corrected chi connectivity index (χ1v) is 8.71. The second-order valence-corrected chi connectivity index (χ2v) is 7.02. The quantitative estimate of drug-likeness (QED) is 0.855. The lowest BCUT2D eigenvalue weighted by molar-refractivity contribution is 0.0697. The van der Waals surface area contributed by atoms with Crippen LogP contribution >= 0.6 is 0 Å². The molecule has 0 atom stereocenters. The minimum Gasteiger partial charge on any atom is -0.492 e. The number of methoxy groups -OCH3 is 1. The smallest absolute Gasteiger partial charge is 0.335 e. The van der Waals surface area contributed by atoms with Crippen molar-refractivity contribution in [2.75, 3.05) is 35.6 Å². The van der Waals surface area contributed by atoms with Gasteiger partial charge in [-0.15, -0.1) is 0 Å². The first-order valence-electron chi connectivity index (χ1n) is 7.10. The molecule has 0 bridgehead atoms. The molecule has 1 fully saturated rings. The molecule has 1 heterocycles. The number of nitrogens with one attached hydrogen (secondary N) is 1. The van der Waals surface area contributed by atoms with Crippen LogP contribution in [0.15, 0.2) is 12.1 Å². The van der Waals surface area contributed by atoms with Gasteiger partial charge in [-0.2, -0.15) is 0 Å². The zero-order chi connectivity index (χ0) is 16.3. The van der Waals surface area contributed by atoms with Gasteiger partial charge in [0.1, 0.15) is 0 Å². The number of carbonyl (C=O) groups is 1. The van der Waals surface area contributed by atoms with E-state index < -0.39 is 16.0 Å². The highest BCUT2D eigenvalue weighted by atomic mass is 32.2. The van der Waals surface area contributed by atoms with Gasteiger partial charge in [0.2, 0.25) is 10.0 Å². The van der Waals surface area contributed by atoms with Crippen LogP contribution in [0.4, 0.5) is 11.4 Å². The molecule has 0 aromatic heterocycles. The van der Waals surface area contributed by atoms with E-state index in [0.717, 1.165) is 6.42 Å². The Morgan fingerprint density at radius 3 is 2.68 bits per heavy atom. The molecule has 8 heteroatoms. The SMILES string of the molecule is CCNc1cc(C(=O)O)cc(N2CCCCS2(=O)=O)c1OC. The standard InChI is InChI=1S/C14H20N2O5S/c1-3-15-11-8-10(14(17)18)9-12(13(11)21-2)16-6-4-5-7-22(16,19)20/h8-9,15H,3-7H2,1-2H3,(H,17,18). The zero-order valence-corrected chi connectivity index (χ0v) is 13.4. The largest absolute Gasteiger partial charge is 0.492 e. The van der Waals surface area contributed by atoms with Crippen molar-refractivity contribution in [1.29, 1.82) is 0 Å². The number of nitrogens with zero attached hydrogens (tertiary/aromatic N) is 1. The van der Waals surface area contributed by atoms with Gasteiger partial charge in [-0.25, -0.2) is 13.2 Å². The summed E-state index contributed by atoms with van der Waals surface area (Å²) >= 11 is 0. The van der Waals surface area contributed by atoms with E-state index in [2.05, 4.69) is 5.32 Å². The molecule has 1 saturated heterocycles. The van der Waals surface area contributed by atoms with Crippen LogP contribution in [0.1, 0.15) is 30.1 Å². The fourth-order valence-corrected chi connectivity index (χ4v) is 4.15. The predicted octanol–water partition coefficient (Wildman–Crippen LogP) is 1.76. The van der Waals surface area contributed by atoms with Crippen molar-refractivity contribution in [2.24, 2.45) is 0 Å². The van der Waals surface area contributed by atoms with E-state index in [1.54, 1.807) is 0 Å². The van der Waals surface area contributed by atoms with Crippen LogP contribution in [0.2, 0.25) is 0 Å². The van der Waals surface area contributed by atoms with Gasteiger partial charge in [0, 0.05) is 13.1 Å². The van der Waals surface area contributed by atoms with Gasteiger partial charge in [-0.05, 0) is 31.9 Å². The van der Waals surface area contributed by atoms with E-state index >= 15 is 0 Å². The maximum atomic E-state index is 12.3. The van der Waals surface area contributed by atoms with Crippen LogP contribution in [0.3, 0.4) is 0 Å². The summed E-state index contributed by atoms with van der Waals surface area (Å²) in [6, 6.07) is 2.80. The van der Waals surface area contributed by atoms with Crippen LogP contribution in [0.25, 0.3) is 0 Å². The monoisotopic (exact) mass is 328 g/mol. The second kappa shape index (κ2) is 6.43. The number of ether oxygens (including phenoxy) is 1. The molecule has 1 aromatic carbocycles. The average molecular weight is 328 g/mol. The third-order valence-corrected chi connectivity index (χ3v) is 5.36. The number of aromatic carboxylic acids is 1.